The van der Waals surface area contributed by atoms with Crippen molar-refractivity contribution in [1.29, 1.82) is 10.5 Å². The third-order valence-corrected chi connectivity index (χ3v) is 2.71. The minimum absolute atomic E-state index is 0.0121. The number of hydrogen-bond acceptors (Lipinski definition) is 7. The summed E-state index contributed by atoms with van der Waals surface area (Å²) in [5.41, 5.74) is 0.624. The molecule has 0 unspecified atom stereocenters. The Kier molecular flexibility index (Phi) is 10.2. The summed E-state index contributed by atoms with van der Waals surface area (Å²) < 4.78 is 21.1. The highest BCUT2D eigenvalue weighted by molar-refractivity contribution is 5.49. The van der Waals surface area contributed by atoms with Gasteiger partial charge in [-0.3, -0.25) is 0 Å². The van der Waals surface area contributed by atoms with E-state index in [1.165, 1.54) is 6.07 Å². The number of aliphatic hydroxyl groups excluding tert-OH is 1. The second-order valence-electron chi connectivity index (χ2n) is 4.34. The van der Waals surface area contributed by atoms with Crippen LogP contribution in [0.15, 0.2) is 18.2 Å². The molecule has 1 N–H and O–H groups in total. The van der Waals surface area contributed by atoms with Crippen molar-refractivity contribution in [2.75, 3.05) is 52.9 Å². The Morgan fingerprint density at radius 3 is 1.91 bits per heavy atom. The standard InChI is InChI=1S/C16H20N2O5/c17-12-14-1-2-16(11-15(14)13-18)23-10-9-22-8-7-21-6-5-20-4-3-19/h1-2,11,19H,3-10H2. The molecule has 1 rings (SSSR count). The molecule has 0 aliphatic carbocycles. The maximum absolute atomic E-state index is 8.92. The van der Waals surface area contributed by atoms with Crippen LogP contribution in [0.4, 0.5) is 0 Å². The second-order valence-corrected chi connectivity index (χ2v) is 4.34. The first-order chi connectivity index (χ1) is 11.3. The van der Waals surface area contributed by atoms with Crippen LogP contribution in [0.5, 0.6) is 5.75 Å². The van der Waals surface area contributed by atoms with Gasteiger partial charge in [0.2, 0.25) is 0 Å². The molecule has 0 radical (unpaired) electrons. The minimum atomic E-state index is 0.0121. The number of benzene rings is 1. The van der Waals surface area contributed by atoms with Crippen LogP contribution >= 0.6 is 0 Å². The molecule has 124 valence electrons. The SMILES string of the molecule is N#Cc1ccc(OCCOCCOCCOCCO)cc1C#N. The van der Waals surface area contributed by atoms with Gasteiger partial charge in [0.25, 0.3) is 0 Å². The molecule has 7 nitrogen and oxygen atoms in total. The highest BCUT2D eigenvalue weighted by atomic mass is 16.6. The van der Waals surface area contributed by atoms with Gasteiger partial charge in [-0.05, 0) is 18.2 Å². The van der Waals surface area contributed by atoms with E-state index in [1.54, 1.807) is 12.1 Å². The lowest BCUT2D eigenvalue weighted by Crippen LogP contribution is -2.13. The highest BCUT2D eigenvalue weighted by Gasteiger charge is 2.03. The van der Waals surface area contributed by atoms with Crippen molar-refractivity contribution < 1.29 is 24.1 Å². The number of aliphatic hydroxyl groups is 1. The van der Waals surface area contributed by atoms with Crippen LogP contribution in [0.25, 0.3) is 0 Å². The van der Waals surface area contributed by atoms with Gasteiger partial charge in [-0.1, -0.05) is 0 Å². The Hall–Kier alpha value is -2.16. The van der Waals surface area contributed by atoms with Crippen LogP contribution in [-0.4, -0.2) is 58.0 Å². The maximum atomic E-state index is 8.92. The molecule has 0 aliphatic heterocycles. The van der Waals surface area contributed by atoms with Gasteiger partial charge < -0.3 is 24.1 Å². The molecular formula is C16H20N2O5. The molecule has 0 amide bonds. The Labute approximate surface area is 135 Å². The van der Waals surface area contributed by atoms with Gasteiger partial charge in [-0.15, -0.1) is 0 Å². The molecule has 0 aromatic heterocycles. The number of nitrogens with zero attached hydrogens (tertiary/aromatic N) is 2. The van der Waals surface area contributed by atoms with Crippen LogP contribution in [0, 0.1) is 22.7 Å². The van der Waals surface area contributed by atoms with Gasteiger partial charge in [-0.25, -0.2) is 0 Å². The first kappa shape index (κ1) is 18.9. The fourth-order valence-electron chi connectivity index (χ4n) is 1.63. The first-order valence-corrected chi connectivity index (χ1v) is 7.23. The summed E-state index contributed by atoms with van der Waals surface area (Å²) in [7, 11) is 0. The Morgan fingerprint density at radius 2 is 1.35 bits per heavy atom. The van der Waals surface area contributed by atoms with Gasteiger partial charge in [-0.2, -0.15) is 10.5 Å². The lowest BCUT2D eigenvalue weighted by atomic mass is 10.1. The topological polar surface area (TPSA) is 105 Å². The third-order valence-electron chi connectivity index (χ3n) is 2.71. The molecule has 0 fully saturated rings. The van der Waals surface area contributed by atoms with E-state index < -0.39 is 0 Å². The molecule has 1 aromatic rings. The molecule has 0 atom stereocenters. The average Bonchev–Trinajstić information content (AvgIpc) is 2.59. The van der Waals surface area contributed by atoms with E-state index in [0.717, 1.165) is 0 Å². The van der Waals surface area contributed by atoms with Crippen LogP contribution < -0.4 is 4.74 Å². The van der Waals surface area contributed by atoms with E-state index in [9.17, 15) is 0 Å². The molecule has 0 saturated carbocycles. The summed E-state index contributed by atoms with van der Waals surface area (Å²) >= 11 is 0. The van der Waals surface area contributed by atoms with Gasteiger partial charge in [0.15, 0.2) is 0 Å². The fraction of sp³-hybridized carbons (Fsp3) is 0.500. The quantitative estimate of drug-likeness (QED) is 0.569. The van der Waals surface area contributed by atoms with E-state index in [1.807, 2.05) is 12.1 Å². The van der Waals surface area contributed by atoms with Crippen molar-refractivity contribution in [1.82, 2.24) is 0 Å². The van der Waals surface area contributed by atoms with Crippen molar-refractivity contribution in [2.45, 2.75) is 0 Å². The summed E-state index contributed by atoms with van der Waals surface area (Å²) in [6.45, 7) is 2.88. The van der Waals surface area contributed by atoms with E-state index in [-0.39, 0.29) is 6.61 Å². The number of hydrogen-bond donors (Lipinski definition) is 1. The largest absolute Gasteiger partial charge is 0.491 e. The molecule has 1 aromatic carbocycles. The number of rotatable bonds is 12. The van der Waals surface area contributed by atoms with E-state index in [4.69, 9.17) is 34.6 Å². The summed E-state index contributed by atoms with van der Waals surface area (Å²) in [5.74, 6) is 0.529. The summed E-state index contributed by atoms with van der Waals surface area (Å²) in [4.78, 5) is 0. The second kappa shape index (κ2) is 12.4. The minimum Gasteiger partial charge on any atom is -0.491 e. The Bertz CT molecular complexity index is 536. The van der Waals surface area contributed by atoms with E-state index in [2.05, 4.69) is 0 Å². The molecule has 0 heterocycles. The van der Waals surface area contributed by atoms with Crippen molar-refractivity contribution in [3.63, 3.8) is 0 Å². The van der Waals surface area contributed by atoms with Crippen molar-refractivity contribution in [3.8, 4) is 17.9 Å². The van der Waals surface area contributed by atoms with Crippen molar-refractivity contribution >= 4 is 0 Å². The highest BCUT2D eigenvalue weighted by Crippen LogP contribution is 2.16. The average molecular weight is 320 g/mol. The lowest BCUT2D eigenvalue weighted by molar-refractivity contribution is 0.00361. The Morgan fingerprint density at radius 1 is 0.783 bits per heavy atom. The normalized spacial score (nSPS) is 10.0. The molecule has 0 spiro atoms. The van der Waals surface area contributed by atoms with Gasteiger partial charge in [0.05, 0.1) is 57.4 Å². The van der Waals surface area contributed by atoms with Gasteiger partial charge in [0.1, 0.15) is 24.5 Å². The predicted octanol–water partition coefficient (Wildman–Crippen LogP) is 0.851. The van der Waals surface area contributed by atoms with E-state index in [0.29, 0.717) is 63.1 Å². The van der Waals surface area contributed by atoms with Crippen LogP contribution in [0.3, 0.4) is 0 Å². The summed E-state index contributed by atoms with van der Waals surface area (Å²) in [5, 5.41) is 26.2. The van der Waals surface area contributed by atoms with Crippen LogP contribution in [0.1, 0.15) is 11.1 Å². The van der Waals surface area contributed by atoms with Crippen molar-refractivity contribution in [2.24, 2.45) is 0 Å². The molecule has 0 saturated heterocycles. The number of nitriles is 2. The number of ether oxygens (including phenoxy) is 4. The van der Waals surface area contributed by atoms with Crippen LogP contribution in [-0.2, 0) is 14.2 Å². The van der Waals surface area contributed by atoms with E-state index >= 15 is 0 Å². The van der Waals surface area contributed by atoms with Crippen LogP contribution in [0.2, 0.25) is 0 Å². The predicted molar refractivity (Wildman–Crippen MR) is 80.9 cm³/mol. The third kappa shape index (κ3) is 8.15. The molecular weight excluding hydrogens is 300 g/mol. The summed E-state index contributed by atoms with van der Waals surface area (Å²) in [6, 6.07) is 8.64. The zero-order valence-electron chi connectivity index (χ0n) is 12.9. The zero-order chi connectivity index (χ0) is 16.8. The smallest absolute Gasteiger partial charge is 0.120 e. The van der Waals surface area contributed by atoms with Gasteiger partial charge >= 0.3 is 0 Å². The molecule has 0 bridgehead atoms. The Balaban J connectivity index is 2.05. The first-order valence-electron chi connectivity index (χ1n) is 7.23. The maximum Gasteiger partial charge on any atom is 0.120 e. The molecule has 0 aliphatic rings. The fourth-order valence-corrected chi connectivity index (χ4v) is 1.63. The van der Waals surface area contributed by atoms with Crippen molar-refractivity contribution in [3.05, 3.63) is 29.3 Å². The zero-order valence-corrected chi connectivity index (χ0v) is 12.9. The monoisotopic (exact) mass is 320 g/mol. The van der Waals surface area contributed by atoms with Gasteiger partial charge in [0, 0.05) is 0 Å². The molecule has 23 heavy (non-hydrogen) atoms. The summed E-state index contributed by atoms with van der Waals surface area (Å²) in [6.07, 6.45) is 0. The lowest BCUT2D eigenvalue weighted by Gasteiger charge is -2.08. The molecule has 7 heteroatoms.